The van der Waals surface area contributed by atoms with E-state index in [9.17, 15) is 8.42 Å². The predicted octanol–water partition coefficient (Wildman–Crippen LogP) is -0.0978. The predicted molar refractivity (Wildman–Crippen MR) is 45.6 cm³/mol. The minimum Gasteiger partial charge on any atom is -0.229 e. The molecule has 1 aliphatic rings. The Balaban J connectivity index is 2.77. The van der Waals surface area contributed by atoms with Crippen LogP contribution in [0.5, 0.6) is 0 Å². The molecule has 0 bridgehead atoms. The quantitative estimate of drug-likeness (QED) is 0.493. The fourth-order valence-corrected chi connectivity index (χ4v) is 5.13. The summed E-state index contributed by atoms with van der Waals surface area (Å²) < 4.78 is 21.6. The minimum atomic E-state index is -2.69. The van der Waals surface area contributed by atoms with E-state index in [0.29, 0.717) is 11.5 Å². The van der Waals surface area contributed by atoms with E-state index >= 15 is 0 Å². The van der Waals surface area contributed by atoms with Crippen molar-refractivity contribution in [3.8, 4) is 0 Å². The zero-order valence-electron chi connectivity index (χ0n) is 4.95. The normalized spacial score (nSPS) is 41.1. The number of hydrogen-bond acceptors (Lipinski definition) is 2. The lowest BCUT2D eigenvalue weighted by Gasteiger charge is -2.02. The molecule has 0 aromatic rings. The second-order valence-corrected chi connectivity index (χ2v) is 6.27. The number of sulfone groups is 1. The standard InChI is InChI=1S/C4H10O2P2S/c5-9(6)1-3(7)4(8)2-9/h3-4H,1-2,7-8H2. The first kappa shape index (κ1) is 7.91. The van der Waals surface area contributed by atoms with Gasteiger partial charge in [-0.3, -0.25) is 0 Å². The highest BCUT2D eigenvalue weighted by Crippen LogP contribution is 2.25. The molecule has 4 unspecified atom stereocenters. The highest BCUT2D eigenvalue weighted by molar-refractivity contribution is 7.92. The Labute approximate surface area is 60.1 Å². The molecule has 4 atom stereocenters. The lowest BCUT2D eigenvalue weighted by atomic mass is 10.4. The van der Waals surface area contributed by atoms with E-state index in [1.165, 1.54) is 0 Å². The van der Waals surface area contributed by atoms with E-state index in [1.54, 1.807) is 0 Å². The third-order valence-corrected chi connectivity index (χ3v) is 5.82. The molecular formula is C4H10O2P2S. The summed E-state index contributed by atoms with van der Waals surface area (Å²) in [6.45, 7) is 0. The van der Waals surface area contributed by atoms with Crippen molar-refractivity contribution in [1.82, 2.24) is 0 Å². The van der Waals surface area contributed by atoms with Crippen molar-refractivity contribution in [1.29, 1.82) is 0 Å². The molecule has 1 saturated heterocycles. The smallest absolute Gasteiger partial charge is 0.151 e. The van der Waals surface area contributed by atoms with Gasteiger partial charge in [0.1, 0.15) is 0 Å². The second kappa shape index (κ2) is 2.45. The highest BCUT2D eigenvalue weighted by atomic mass is 32.2. The Morgan fingerprint density at radius 1 is 1.11 bits per heavy atom. The van der Waals surface area contributed by atoms with E-state index in [0.717, 1.165) is 0 Å². The van der Waals surface area contributed by atoms with E-state index in [1.807, 2.05) is 0 Å². The van der Waals surface area contributed by atoms with Crippen LogP contribution in [0.25, 0.3) is 0 Å². The zero-order chi connectivity index (χ0) is 7.07. The van der Waals surface area contributed by atoms with Gasteiger partial charge in [-0.15, -0.1) is 18.5 Å². The molecule has 0 spiro atoms. The molecule has 54 valence electrons. The maximum Gasteiger partial charge on any atom is 0.151 e. The Hall–Kier alpha value is 0.810. The zero-order valence-corrected chi connectivity index (χ0v) is 8.07. The van der Waals surface area contributed by atoms with Gasteiger partial charge in [0.05, 0.1) is 11.5 Å². The molecule has 9 heavy (non-hydrogen) atoms. The van der Waals surface area contributed by atoms with Gasteiger partial charge in [-0.1, -0.05) is 0 Å². The topological polar surface area (TPSA) is 34.1 Å². The molecule has 1 rings (SSSR count). The summed E-state index contributed by atoms with van der Waals surface area (Å²) in [6.07, 6.45) is 0. The Kier molecular flexibility index (Phi) is 2.15. The molecule has 1 fully saturated rings. The average molecular weight is 184 g/mol. The molecule has 0 amide bonds. The largest absolute Gasteiger partial charge is 0.229 e. The Morgan fingerprint density at radius 3 is 1.56 bits per heavy atom. The molecule has 0 radical (unpaired) electrons. The maximum absolute atomic E-state index is 10.8. The van der Waals surface area contributed by atoms with E-state index in [-0.39, 0.29) is 11.3 Å². The van der Waals surface area contributed by atoms with Crippen LogP contribution in [0.3, 0.4) is 0 Å². The minimum absolute atomic E-state index is 0.250. The molecule has 2 nitrogen and oxygen atoms in total. The molecule has 0 aromatic heterocycles. The van der Waals surface area contributed by atoms with Crippen LogP contribution < -0.4 is 0 Å². The first-order valence-electron chi connectivity index (χ1n) is 2.73. The van der Waals surface area contributed by atoms with Crippen molar-refractivity contribution < 1.29 is 8.42 Å². The molecule has 0 aliphatic carbocycles. The maximum atomic E-state index is 10.8. The lowest BCUT2D eigenvalue weighted by Crippen LogP contribution is -2.08. The van der Waals surface area contributed by atoms with Crippen LogP contribution in [0.4, 0.5) is 0 Å². The van der Waals surface area contributed by atoms with Crippen molar-refractivity contribution in [2.75, 3.05) is 11.5 Å². The summed E-state index contributed by atoms with van der Waals surface area (Å²) >= 11 is 0. The van der Waals surface area contributed by atoms with Crippen molar-refractivity contribution in [2.24, 2.45) is 0 Å². The molecule has 1 heterocycles. The third kappa shape index (κ3) is 1.86. The van der Waals surface area contributed by atoms with Gasteiger partial charge >= 0.3 is 0 Å². The molecule has 0 N–H and O–H groups in total. The van der Waals surface area contributed by atoms with Crippen molar-refractivity contribution in [3.63, 3.8) is 0 Å². The van der Waals surface area contributed by atoms with Gasteiger partial charge in [-0.05, 0) is 11.3 Å². The Morgan fingerprint density at radius 2 is 1.44 bits per heavy atom. The van der Waals surface area contributed by atoms with Gasteiger partial charge in [0, 0.05) is 0 Å². The molecular weight excluding hydrogens is 174 g/mol. The van der Waals surface area contributed by atoms with Crippen LogP contribution in [-0.4, -0.2) is 31.2 Å². The van der Waals surface area contributed by atoms with Crippen LogP contribution in [0.15, 0.2) is 0 Å². The second-order valence-electron chi connectivity index (χ2n) is 2.40. The lowest BCUT2D eigenvalue weighted by molar-refractivity contribution is 0.602. The van der Waals surface area contributed by atoms with Gasteiger partial charge in [-0.25, -0.2) is 8.42 Å². The summed E-state index contributed by atoms with van der Waals surface area (Å²) in [6, 6.07) is 0. The van der Waals surface area contributed by atoms with Gasteiger partial charge in [0.2, 0.25) is 0 Å². The first-order valence-corrected chi connectivity index (χ1v) is 5.88. The molecule has 1 aliphatic heterocycles. The van der Waals surface area contributed by atoms with E-state index in [4.69, 9.17) is 0 Å². The SMILES string of the molecule is O=S1(=O)CC(P)C(P)C1. The molecule has 0 aromatic carbocycles. The fourth-order valence-electron chi connectivity index (χ4n) is 0.902. The van der Waals surface area contributed by atoms with Crippen molar-refractivity contribution in [2.45, 2.75) is 11.3 Å². The summed E-state index contributed by atoms with van der Waals surface area (Å²) in [5, 5.41) is 0. The summed E-state index contributed by atoms with van der Waals surface area (Å²) in [5.41, 5.74) is 0.500. The van der Waals surface area contributed by atoms with Gasteiger partial charge in [0.15, 0.2) is 9.84 Å². The summed E-state index contributed by atoms with van der Waals surface area (Å²) in [7, 11) is 2.42. The van der Waals surface area contributed by atoms with Gasteiger partial charge < -0.3 is 0 Å². The highest BCUT2D eigenvalue weighted by Gasteiger charge is 2.31. The van der Waals surface area contributed by atoms with E-state index < -0.39 is 9.84 Å². The molecule has 5 heteroatoms. The van der Waals surface area contributed by atoms with Gasteiger partial charge in [0.25, 0.3) is 0 Å². The van der Waals surface area contributed by atoms with Crippen LogP contribution in [0.1, 0.15) is 0 Å². The van der Waals surface area contributed by atoms with Crippen LogP contribution in [0, 0.1) is 0 Å². The number of rotatable bonds is 0. The first-order chi connectivity index (χ1) is 4.01. The average Bonchev–Trinajstić information content (AvgIpc) is 1.79. The summed E-state index contributed by atoms with van der Waals surface area (Å²) in [5.74, 6) is 0.678. The van der Waals surface area contributed by atoms with Gasteiger partial charge in [-0.2, -0.15) is 0 Å². The fraction of sp³-hybridized carbons (Fsp3) is 1.00. The third-order valence-electron chi connectivity index (χ3n) is 1.44. The van der Waals surface area contributed by atoms with Crippen molar-refractivity contribution >= 4 is 28.3 Å². The van der Waals surface area contributed by atoms with Crippen LogP contribution in [-0.2, 0) is 9.84 Å². The molecule has 0 saturated carbocycles. The number of hydrogen-bond donors (Lipinski definition) is 0. The van der Waals surface area contributed by atoms with Crippen LogP contribution >= 0.6 is 18.5 Å². The van der Waals surface area contributed by atoms with E-state index in [2.05, 4.69) is 18.5 Å². The summed E-state index contributed by atoms with van der Waals surface area (Å²) in [4.78, 5) is 0. The van der Waals surface area contributed by atoms with Crippen LogP contribution in [0.2, 0.25) is 0 Å². The Bertz CT molecular complexity index is 183. The van der Waals surface area contributed by atoms with Crippen molar-refractivity contribution in [3.05, 3.63) is 0 Å². The monoisotopic (exact) mass is 184 g/mol.